The van der Waals surface area contributed by atoms with Crippen LogP contribution < -0.4 is 5.32 Å². The number of hydrogen-bond acceptors (Lipinski definition) is 4. The van der Waals surface area contributed by atoms with Crippen LogP contribution in [0.5, 0.6) is 5.75 Å². The maximum Gasteiger partial charge on any atom is 0.234 e. The van der Waals surface area contributed by atoms with Crippen LogP contribution in [-0.4, -0.2) is 39.1 Å². The number of carbonyl (C=O) groups excluding carboxylic acids is 1. The average Bonchev–Trinajstić information content (AvgIpc) is 2.40. The van der Waals surface area contributed by atoms with Gasteiger partial charge in [-0.2, -0.15) is 0 Å². The molecule has 0 aliphatic rings. The van der Waals surface area contributed by atoms with Gasteiger partial charge in [-0.1, -0.05) is 24.0 Å². The first-order valence-corrected chi connectivity index (χ1v) is 7.46. The van der Waals surface area contributed by atoms with Crippen molar-refractivity contribution in [2.75, 3.05) is 24.2 Å². The maximum atomic E-state index is 11.7. The van der Waals surface area contributed by atoms with Crippen molar-refractivity contribution < 1.29 is 9.90 Å². The quantitative estimate of drug-likeness (QED) is 0.646. The summed E-state index contributed by atoms with van der Waals surface area (Å²) in [7, 11) is 0. The fourth-order valence-electron chi connectivity index (χ4n) is 1.44. The summed E-state index contributed by atoms with van der Waals surface area (Å²) in [6.45, 7) is 5.77. The van der Waals surface area contributed by atoms with E-state index in [4.69, 9.17) is 17.3 Å². The van der Waals surface area contributed by atoms with Gasteiger partial charge in [0.25, 0.3) is 0 Å². The molecule has 0 aliphatic heterocycles. The number of thiocarbonyl (C=S) groups is 1. The molecule has 6 heteroatoms. The zero-order valence-electron chi connectivity index (χ0n) is 11.0. The van der Waals surface area contributed by atoms with E-state index < -0.39 is 0 Å². The number of nitrogens with one attached hydrogen (secondary N) is 1. The van der Waals surface area contributed by atoms with E-state index in [2.05, 4.69) is 5.32 Å². The van der Waals surface area contributed by atoms with Gasteiger partial charge >= 0.3 is 0 Å². The number of benzene rings is 1. The number of rotatable bonds is 5. The van der Waals surface area contributed by atoms with Gasteiger partial charge in [-0.15, -0.1) is 0 Å². The molecule has 0 bridgehead atoms. The molecule has 104 valence electrons. The van der Waals surface area contributed by atoms with Crippen molar-refractivity contribution in [1.29, 1.82) is 0 Å². The number of aromatic hydroxyl groups is 1. The van der Waals surface area contributed by atoms with Crippen molar-refractivity contribution in [2.45, 2.75) is 13.8 Å². The summed E-state index contributed by atoms with van der Waals surface area (Å²) >= 11 is 6.61. The zero-order chi connectivity index (χ0) is 14.3. The number of phenols is 1. The van der Waals surface area contributed by atoms with Crippen molar-refractivity contribution in [2.24, 2.45) is 0 Å². The number of anilines is 1. The first-order chi connectivity index (χ1) is 9.06. The van der Waals surface area contributed by atoms with Crippen LogP contribution in [0.15, 0.2) is 24.3 Å². The summed E-state index contributed by atoms with van der Waals surface area (Å²) in [5, 5.41) is 11.9. The van der Waals surface area contributed by atoms with Gasteiger partial charge in [0.05, 0.1) is 5.75 Å². The summed E-state index contributed by atoms with van der Waals surface area (Å²) in [4.78, 5) is 13.8. The second-order valence-corrected chi connectivity index (χ2v) is 5.43. The molecule has 19 heavy (non-hydrogen) atoms. The molecular formula is C13H18N2O2S2. The van der Waals surface area contributed by atoms with Crippen molar-refractivity contribution in [1.82, 2.24) is 4.90 Å². The Morgan fingerprint density at radius 2 is 1.89 bits per heavy atom. The fourth-order valence-corrected chi connectivity index (χ4v) is 2.64. The Kier molecular flexibility index (Phi) is 6.66. The Bertz CT molecular complexity index is 431. The third-order valence-corrected chi connectivity index (χ3v) is 4.02. The predicted molar refractivity (Wildman–Crippen MR) is 84.7 cm³/mol. The van der Waals surface area contributed by atoms with Crippen LogP contribution in [0, 0.1) is 0 Å². The van der Waals surface area contributed by atoms with Gasteiger partial charge in [0.1, 0.15) is 10.1 Å². The van der Waals surface area contributed by atoms with E-state index in [-0.39, 0.29) is 17.4 Å². The summed E-state index contributed by atoms with van der Waals surface area (Å²) in [5.41, 5.74) is 0.664. The largest absolute Gasteiger partial charge is 0.508 e. The molecule has 0 spiro atoms. The Labute approximate surface area is 123 Å². The van der Waals surface area contributed by atoms with Gasteiger partial charge in [0, 0.05) is 18.8 Å². The minimum Gasteiger partial charge on any atom is -0.508 e. The molecule has 0 aliphatic carbocycles. The minimum absolute atomic E-state index is 0.106. The maximum absolute atomic E-state index is 11.7. The van der Waals surface area contributed by atoms with Gasteiger partial charge in [0.2, 0.25) is 5.91 Å². The van der Waals surface area contributed by atoms with E-state index in [0.717, 1.165) is 17.4 Å². The first kappa shape index (κ1) is 15.8. The Morgan fingerprint density at radius 1 is 1.32 bits per heavy atom. The van der Waals surface area contributed by atoms with Crippen molar-refractivity contribution >= 4 is 39.9 Å². The van der Waals surface area contributed by atoms with Crippen LogP contribution in [-0.2, 0) is 4.79 Å². The van der Waals surface area contributed by atoms with Crippen molar-refractivity contribution in [3.63, 3.8) is 0 Å². The number of hydrogen-bond donors (Lipinski definition) is 2. The summed E-state index contributed by atoms with van der Waals surface area (Å²) in [5.74, 6) is 0.358. The molecule has 0 heterocycles. The molecule has 0 saturated heterocycles. The third kappa shape index (κ3) is 5.48. The van der Waals surface area contributed by atoms with E-state index in [0.29, 0.717) is 5.69 Å². The fraction of sp³-hybridized carbons (Fsp3) is 0.385. The summed E-state index contributed by atoms with van der Waals surface area (Å²) < 4.78 is 0.742. The minimum atomic E-state index is -0.106. The highest BCUT2D eigenvalue weighted by atomic mass is 32.2. The van der Waals surface area contributed by atoms with Crippen LogP contribution in [0.4, 0.5) is 5.69 Å². The lowest BCUT2D eigenvalue weighted by Gasteiger charge is -2.20. The average molecular weight is 298 g/mol. The van der Waals surface area contributed by atoms with Gasteiger partial charge in [-0.3, -0.25) is 4.79 Å². The molecule has 0 unspecified atom stereocenters. The highest BCUT2D eigenvalue weighted by Crippen LogP contribution is 2.15. The Morgan fingerprint density at radius 3 is 2.42 bits per heavy atom. The molecule has 1 aromatic carbocycles. The van der Waals surface area contributed by atoms with Gasteiger partial charge in [-0.25, -0.2) is 0 Å². The topological polar surface area (TPSA) is 52.6 Å². The molecule has 2 N–H and O–H groups in total. The van der Waals surface area contributed by atoms with E-state index >= 15 is 0 Å². The zero-order valence-corrected chi connectivity index (χ0v) is 12.7. The van der Waals surface area contributed by atoms with E-state index in [1.54, 1.807) is 12.1 Å². The van der Waals surface area contributed by atoms with Crippen LogP contribution in [0.3, 0.4) is 0 Å². The molecule has 0 aromatic heterocycles. The lowest BCUT2D eigenvalue weighted by Crippen LogP contribution is -2.28. The van der Waals surface area contributed by atoms with E-state index in [9.17, 15) is 4.79 Å². The molecule has 0 saturated carbocycles. The van der Waals surface area contributed by atoms with Crippen molar-refractivity contribution in [3.8, 4) is 5.75 Å². The molecule has 0 atom stereocenters. The van der Waals surface area contributed by atoms with E-state index in [1.807, 2.05) is 18.7 Å². The number of nitrogens with zero attached hydrogens (tertiary/aromatic N) is 1. The first-order valence-electron chi connectivity index (χ1n) is 6.07. The molecule has 1 rings (SSSR count). The SMILES string of the molecule is CCN(CC)C(=S)SCC(=O)Nc1ccc(O)cc1. The lowest BCUT2D eigenvalue weighted by atomic mass is 10.3. The summed E-state index contributed by atoms with van der Waals surface area (Å²) in [6, 6.07) is 6.37. The van der Waals surface area contributed by atoms with Crippen molar-refractivity contribution in [3.05, 3.63) is 24.3 Å². The van der Waals surface area contributed by atoms with Gasteiger partial charge in [-0.05, 0) is 38.1 Å². The molecule has 1 aromatic rings. The second-order valence-electron chi connectivity index (χ2n) is 3.82. The molecular weight excluding hydrogens is 280 g/mol. The summed E-state index contributed by atoms with van der Waals surface area (Å²) in [6.07, 6.45) is 0. The van der Waals surface area contributed by atoms with Gasteiger partial charge < -0.3 is 15.3 Å². The molecule has 0 radical (unpaired) electrons. The second kappa shape index (κ2) is 8.01. The van der Waals surface area contributed by atoms with Crippen LogP contribution >= 0.6 is 24.0 Å². The number of phenolic OH excluding ortho intramolecular Hbond substituents is 1. The Balaban J connectivity index is 2.39. The molecule has 1 amide bonds. The highest BCUT2D eigenvalue weighted by molar-refractivity contribution is 8.23. The monoisotopic (exact) mass is 298 g/mol. The third-order valence-electron chi connectivity index (χ3n) is 2.50. The molecule has 0 fully saturated rings. The number of thioether (sulfide) groups is 1. The van der Waals surface area contributed by atoms with Crippen LogP contribution in [0.2, 0.25) is 0 Å². The predicted octanol–water partition coefficient (Wildman–Crippen LogP) is 2.69. The van der Waals surface area contributed by atoms with Crippen LogP contribution in [0.1, 0.15) is 13.8 Å². The van der Waals surface area contributed by atoms with Crippen LogP contribution in [0.25, 0.3) is 0 Å². The molecule has 4 nitrogen and oxygen atoms in total. The Hall–Kier alpha value is -1.27. The number of amides is 1. The standard InChI is InChI=1S/C13H18N2O2S2/c1-3-15(4-2)13(18)19-9-12(17)14-10-5-7-11(16)8-6-10/h5-8,16H,3-4,9H2,1-2H3,(H,14,17). The van der Waals surface area contributed by atoms with Gasteiger partial charge in [0.15, 0.2) is 0 Å². The number of carbonyl (C=O) groups is 1. The highest BCUT2D eigenvalue weighted by Gasteiger charge is 2.09. The van der Waals surface area contributed by atoms with E-state index in [1.165, 1.54) is 23.9 Å². The normalized spacial score (nSPS) is 10.0. The lowest BCUT2D eigenvalue weighted by molar-refractivity contribution is -0.113. The smallest absolute Gasteiger partial charge is 0.234 e.